The molecule has 0 unspecified atom stereocenters. The number of hydrogen-bond acceptors (Lipinski definition) is 5. The fourth-order valence-electron chi connectivity index (χ4n) is 2.94. The number of carbonyl (C=O) groups excluding carboxylic acids is 1. The van der Waals surface area contributed by atoms with Crippen LogP contribution < -0.4 is 9.47 Å². The number of rotatable bonds is 6. The highest BCUT2D eigenvalue weighted by Crippen LogP contribution is 2.23. The second kappa shape index (κ2) is 8.84. The molecule has 1 aliphatic heterocycles. The number of ether oxygens (including phenoxy) is 2. The number of halogens is 1. The average molecular weight is 420 g/mol. The molecule has 1 heterocycles. The quantitative estimate of drug-likeness (QED) is 0.403. The van der Waals surface area contributed by atoms with E-state index in [4.69, 9.17) is 25.9 Å². The molecule has 0 aliphatic carbocycles. The third-order valence-electron chi connectivity index (χ3n) is 4.57. The Morgan fingerprint density at radius 3 is 2.27 bits per heavy atom. The Labute approximate surface area is 179 Å². The minimum absolute atomic E-state index is 0.398. The van der Waals surface area contributed by atoms with Crippen molar-refractivity contribution >= 4 is 29.4 Å². The maximum atomic E-state index is 12.2. The van der Waals surface area contributed by atoms with E-state index in [-0.39, 0.29) is 0 Å². The Balaban J connectivity index is 1.48. The molecule has 0 bridgehead atoms. The first-order valence-electron chi connectivity index (χ1n) is 9.25. The van der Waals surface area contributed by atoms with E-state index >= 15 is 0 Å². The molecule has 30 heavy (non-hydrogen) atoms. The first-order chi connectivity index (χ1) is 14.6. The van der Waals surface area contributed by atoms with Gasteiger partial charge in [-0.3, -0.25) is 0 Å². The van der Waals surface area contributed by atoms with E-state index in [0.717, 1.165) is 28.2 Å². The van der Waals surface area contributed by atoms with Gasteiger partial charge in [0.25, 0.3) is 0 Å². The lowest BCUT2D eigenvalue weighted by molar-refractivity contribution is -0.136. The predicted molar refractivity (Wildman–Crippen MR) is 116 cm³/mol. The van der Waals surface area contributed by atoms with E-state index in [0.29, 0.717) is 22.9 Å². The molecule has 6 heteroatoms. The molecule has 3 aromatic rings. The number of carbonyl (C=O) groups is 1. The summed E-state index contributed by atoms with van der Waals surface area (Å²) in [6, 6.07) is 22.3. The minimum atomic E-state index is -0.483. The normalized spacial score (nSPS) is 14.4. The van der Waals surface area contributed by atoms with Gasteiger partial charge < -0.3 is 14.3 Å². The van der Waals surface area contributed by atoms with Crippen molar-refractivity contribution in [3.05, 3.63) is 100 Å². The van der Waals surface area contributed by atoms with Crippen LogP contribution >= 0.6 is 11.6 Å². The molecule has 0 N–H and O–H groups in total. The van der Waals surface area contributed by atoms with Gasteiger partial charge in [0.1, 0.15) is 23.8 Å². The van der Waals surface area contributed by atoms with Crippen LogP contribution in [0.25, 0.3) is 6.08 Å². The summed E-state index contributed by atoms with van der Waals surface area (Å²) >= 11 is 5.90. The summed E-state index contributed by atoms with van der Waals surface area (Å²) in [6.07, 6.45) is 1.75. The number of hydrogen-bond donors (Lipinski definition) is 0. The van der Waals surface area contributed by atoms with Crippen molar-refractivity contribution in [3.8, 4) is 11.5 Å². The van der Waals surface area contributed by atoms with Gasteiger partial charge in [0.15, 0.2) is 0 Å². The van der Waals surface area contributed by atoms with Crippen LogP contribution in [0.2, 0.25) is 5.02 Å². The molecule has 4 rings (SSSR count). The first kappa shape index (κ1) is 19.7. The van der Waals surface area contributed by atoms with Crippen molar-refractivity contribution in [2.75, 3.05) is 7.11 Å². The van der Waals surface area contributed by atoms with E-state index in [1.807, 2.05) is 72.8 Å². The van der Waals surface area contributed by atoms with E-state index in [2.05, 4.69) is 5.16 Å². The molecule has 0 saturated carbocycles. The highest BCUT2D eigenvalue weighted by atomic mass is 35.5. The summed E-state index contributed by atoms with van der Waals surface area (Å²) in [5.74, 6) is 0.971. The Hall–Kier alpha value is -3.57. The van der Waals surface area contributed by atoms with Crippen LogP contribution in [0.1, 0.15) is 16.7 Å². The van der Waals surface area contributed by atoms with Crippen molar-refractivity contribution in [2.24, 2.45) is 5.16 Å². The van der Waals surface area contributed by atoms with Crippen LogP contribution in [-0.4, -0.2) is 18.8 Å². The van der Waals surface area contributed by atoms with Crippen LogP contribution in [-0.2, 0) is 16.2 Å². The summed E-state index contributed by atoms with van der Waals surface area (Å²) in [5.41, 5.74) is 3.53. The number of benzene rings is 3. The maximum absolute atomic E-state index is 12.2. The molecule has 5 nitrogen and oxygen atoms in total. The van der Waals surface area contributed by atoms with Crippen LogP contribution in [0, 0.1) is 0 Å². The lowest BCUT2D eigenvalue weighted by Crippen LogP contribution is -2.06. The number of nitrogens with zero attached hydrogens (tertiary/aromatic N) is 1. The van der Waals surface area contributed by atoms with E-state index < -0.39 is 5.97 Å². The second-order valence-electron chi connectivity index (χ2n) is 6.59. The predicted octanol–water partition coefficient (Wildman–Crippen LogP) is 5.27. The Kier molecular flexibility index (Phi) is 5.82. The molecule has 0 atom stereocenters. The van der Waals surface area contributed by atoms with Crippen LogP contribution in [0.15, 0.2) is 83.5 Å². The Morgan fingerprint density at radius 2 is 1.60 bits per heavy atom. The Morgan fingerprint density at radius 1 is 0.933 bits per heavy atom. The molecule has 0 fully saturated rings. The molecule has 150 valence electrons. The van der Waals surface area contributed by atoms with Gasteiger partial charge in [-0.2, -0.15) is 0 Å². The van der Waals surface area contributed by atoms with Crippen molar-refractivity contribution < 1.29 is 19.1 Å². The van der Waals surface area contributed by atoms with Gasteiger partial charge in [0.2, 0.25) is 0 Å². The fraction of sp³-hybridized carbons (Fsp3) is 0.0833. The zero-order valence-electron chi connectivity index (χ0n) is 16.2. The second-order valence-corrected chi connectivity index (χ2v) is 7.03. The van der Waals surface area contributed by atoms with Crippen LogP contribution in [0.3, 0.4) is 0 Å². The molecule has 0 radical (unpaired) electrons. The minimum Gasteiger partial charge on any atom is -0.497 e. The van der Waals surface area contributed by atoms with Crippen molar-refractivity contribution in [1.29, 1.82) is 0 Å². The van der Waals surface area contributed by atoms with Gasteiger partial charge in [0, 0.05) is 10.6 Å². The summed E-state index contributed by atoms with van der Waals surface area (Å²) in [4.78, 5) is 17.1. The molecule has 0 amide bonds. The zero-order valence-corrected chi connectivity index (χ0v) is 16.9. The van der Waals surface area contributed by atoms with E-state index in [9.17, 15) is 4.79 Å². The number of oxime groups is 1. The Bertz CT molecular complexity index is 1100. The molecular weight excluding hydrogens is 402 g/mol. The summed E-state index contributed by atoms with van der Waals surface area (Å²) in [5, 5.41) is 4.62. The molecule has 0 aromatic heterocycles. The van der Waals surface area contributed by atoms with Crippen molar-refractivity contribution in [1.82, 2.24) is 0 Å². The van der Waals surface area contributed by atoms with Crippen LogP contribution in [0.5, 0.6) is 11.5 Å². The molecule has 0 spiro atoms. The standard InChI is InChI=1S/C24H18ClNO4/c1-28-20-12-6-18(7-13-20)23-22(24(27)30-26-23)14-16-4-10-21(11-5-16)29-15-17-2-8-19(25)9-3-17/h2-14H,15H2,1H3/b22-14-. The first-order valence-corrected chi connectivity index (χ1v) is 9.63. The van der Waals surface area contributed by atoms with Gasteiger partial charge in [0.05, 0.1) is 12.7 Å². The molecule has 0 saturated heterocycles. The zero-order chi connectivity index (χ0) is 20.9. The van der Waals surface area contributed by atoms with Gasteiger partial charge in [-0.15, -0.1) is 0 Å². The van der Waals surface area contributed by atoms with Gasteiger partial charge in [-0.25, -0.2) is 4.79 Å². The lowest BCUT2D eigenvalue weighted by Gasteiger charge is -2.07. The van der Waals surface area contributed by atoms with E-state index in [1.165, 1.54) is 0 Å². The van der Waals surface area contributed by atoms with Crippen LogP contribution in [0.4, 0.5) is 0 Å². The van der Waals surface area contributed by atoms with Crippen molar-refractivity contribution in [2.45, 2.75) is 6.61 Å². The van der Waals surface area contributed by atoms with Crippen molar-refractivity contribution in [3.63, 3.8) is 0 Å². The molecule has 1 aliphatic rings. The highest BCUT2D eigenvalue weighted by Gasteiger charge is 2.26. The monoisotopic (exact) mass is 419 g/mol. The summed E-state index contributed by atoms with van der Waals surface area (Å²) < 4.78 is 11.0. The SMILES string of the molecule is COc1ccc(C2=NOC(=O)/C2=C\c2ccc(OCc3ccc(Cl)cc3)cc2)cc1. The van der Waals surface area contributed by atoms with Gasteiger partial charge >= 0.3 is 5.97 Å². The maximum Gasteiger partial charge on any atom is 0.368 e. The summed E-state index contributed by atoms with van der Waals surface area (Å²) in [7, 11) is 1.60. The largest absolute Gasteiger partial charge is 0.497 e. The van der Waals surface area contributed by atoms with E-state index in [1.54, 1.807) is 13.2 Å². The van der Waals surface area contributed by atoms with Gasteiger partial charge in [-0.1, -0.05) is 41.0 Å². The smallest absolute Gasteiger partial charge is 0.368 e. The highest BCUT2D eigenvalue weighted by molar-refractivity contribution is 6.31. The third-order valence-corrected chi connectivity index (χ3v) is 4.82. The lowest BCUT2D eigenvalue weighted by atomic mass is 10.0. The fourth-order valence-corrected chi connectivity index (χ4v) is 3.07. The average Bonchev–Trinajstić information content (AvgIpc) is 3.14. The van der Waals surface area contributed by atoms with Gasteiger partial charge in [-0.05, 0) is 65.7 Å². The topological polar surface area (TPSA) is 57.1 Å². The molecule has 3 aromatic carbocycles. The number of methoxy groups -OCH3 is 1. The third kappa shape index (κ3) is 4.53. The molecular formula is C24H18ClNO4. The summed E-state index contributed by atoms with van der Waals surface area (Å²) in [6.45, 7) is 0.443.